The molecule has 0 saturated carbocycles. The molecule has 4 heteroatoms. The van der Waals surface area contributed by atoms with Crippen LogP contribution in [0.2, 0.25) is 0 Å². The second-order valence-corrected chi connectivity index (χ2v) is 5.06. The number of pyridine rings is 1. The highest BCUT2D eigenvalue weighted by molar-refractivity contribution is 5.70. The van der Waals surface area contributed by atoms with Gasteiger partial charge in [0.1, 0.15) is 5.75 Å². The van der Waals surface area contributed by atoms with E-state index >= 15 is 0 Å². The maximum atomic E-state index is 11.5. The minimum Gasteiger partial charge on any atom is -0.497 e. The number of carbonyl (C=O) groups is 1. The summed E-state index contributed by atoms with van der Waals surface area (Å²) in [5, 5.41) is 9.45. The summed E-state index contributed by atoms with van der Waals surface area (Å²) in [5.74, 6) is -0.556. The van der Waals surface area contributed by atoms with Gasteiger partial charge in [0.2, 0.25) is 0 Å². The van der Waals surface area contributed by atoms with E-state index in [0.29, 0.717) is 12.8 Å². The second kappa shape index (κ2) is 6.88. The maximum absolute atomic E-state index is 11.5. The molecule has 0 fully saturated rings. The van der Waals surface area contributed by atoms with Crippen LogP contribution in [0.1, 0.15) is 16.8 Å². The Morgan fingerprint density at radius 3 is 2.76 bits per heavy atom. The van der Waals surface area contributed by atoms with E-state index in [9.17, 15) is 9.90 Å². The van der Waals surface area contributed by atoms with Crippen molar-refractivity contribution in [2.24, 2.45) is 5.92 Å². The number of hydrogen-bond donors (Lipinski definition) is 1. The molecule has 0 bridgehead atoms. The number of aryl methyl sites for hydroxylation is 1. The van der Waals surface area contributed by atoms with Crippen LogP contribution in [0.4, 0.5) is 0 Å². The van der Waals surface area contributed by atoms with Gasteiger partial charge in [-0.25, -0.2) is 0 Å². The number of nitrogens with zero attached hydrogens (tertiary/aromatic N) is 1. The van der Waals surface area contributed by atoms with Crippen molar-refractivity contribution in [2.45, 2.75) is 19.8 Å². The summed E-state index contributed by atoms with van der Waals surface area (Å²) in [7, 11) is 1.60. The first-order valence-corrected chi connectivity index (χ1v) is 6.86. The fourth-order valence-corrected chi connectivity index (χ4v) is 2.30. The molecular weight excluding hydrogens is 266 g/mol. The number of hydrogen-bond acceptors (Lipinski definition) is 3. The first kappa shape index (κ1) is 15.0. The largest absolute Gasteiger partial charge is 0.497 e. The molecular formula is C17H19NO3. The van der Waals surface area contributed by atoms with Crippen LogP contribution in [0.25, 0.3) is 0 Å². The summed E-state index contributed by atoms with van der Waals surface area (Å²) in [6, 6.07) is 11.3. The van der Waals surface area contributed by atoms with Crippen molar-refractivity contribution >= 4 is 5.97 Å². The molecule has 2 rings (SSSR count). The Balaban J connectivity index is 2.16. The minimum absolute atomic E-state index is 0.430. The van der Waals surface area contributed by atoms with Crippen LogP contribution < -0.4 is 4.74 Å². The predicted molar refractivity (Wildman–Crippen MR) is 80.5 cm³/mol. The van der Waals surface area contributed by atoms with Crippen LogP contribution >= 0.6 is 0 Å². The third kappa shape index (κ3) is 4.05. The number of aliphatic carboxylic acids is 1. The number of carboxylic acid groups (broad SMARTS) is 1. The van der Waals surface area contributed by atoms with E-state index < -0.39 is 11.9 Å². The van der Waals surface area contributed by atoms with Crippen LogP contribution in [0.3, 0.4) is 0 Å². The molecule has 1 aromatic heterocycles. The van der Waals surface area contributed by atoms with E-state index in [1.807, 2.05) is 43.3 Å². The standard InChI is InChI=1S/C17H19NO3/c1-12-5-4-8-18-16(12)11-14(17(19)20)9-13-6-3-7-15(10-13)21-2/h3-8,10,14H,9,11H2,1-2H3,(H,19,20). The Labute approximate surface area is 124 Å². The number of aromatic nitrogens is 1. The average molecular weight is 285 g/mol. The van der Waals surface area contributed by atoms with Gasteiger partial charge in [-0.2, -0.15) is 0 Å². The van der Waals surface area contributed by atoms with Crippen LogP contribution in [-0.4, -0.2) is 23.2 Å². The molecule has 0 saturated heterocycles. The van der Waals surface area contributed by atoms with Gasteiger partial charge in [0, 0.05) is 18.3 Å². The van der Waals surface area contributed by atoms with E-state index in [0.717, 1.165) is 22.6 Å². The van der Waals surface area contributed by atoms with Gasteiger partial charge >= 0.3 is 5.97 Å². The quantitative estimate of drug-likeness (QED) is 0.886. The van der Waals surface area contributed by atoms with E-state index in [1.165, 1.54) is 0 Å². The summed E-state index contributed by atoms with van der Waals surface area (Å²) in [5.41, 5.74) is 2.82. The summed E-state index contributed by atoms with van der Waals surface area (Å²) in [6.07, 6.45) is 2.59. The fraction of sp³-hybridized carbons (Fsp3) is 0.294. The highest BCUT2D eigenvalue weighted by atomic mass is 16.5. The van der Waals surface area contributed by atoms with E-state index in [1.54, 1.807) is 13.3 Å². The maximum Gasteiger partial charge on any atom is 0.307 e. The Kier molecular flexibility index (Phi) is 4.93. The molecule has 1 atom stereocenters. The van der Waals surface area contributed by atoms with E-state index in [2.05, 4.69) is 4.98 Å². The number of benzene rings is 1. The highest BCUT2D eigenvalue weighted by Gasteiger charge is 2.20. The average Bonchev–Trinajstić information content (AvgIpc) is 2.49. The van der Waals surface area contributed by atoms with E-state index in [-0.39, 0.29) is 0 Å². The van der Waals surface area contributed by atoms with Crippen molar-refractivity contribution in [3.05, 3.63) is 59.4 Å². The van der Waals surface area contributed by atoms with Gasteiger partial charge in [-0.15, -0.1) is 0 Å². The Hall–Kier alpha value is -2.36. The summed E-state index contributed by atoms with van der Waals surface area (Å²) in [4.78, 5) is 15.8. The van der Waals surface area contributed by atoms with Crippen LogP contribution in [0, 0.1) is 12.8 Å². The van der Waals surface area contributed by atoms with Crippen LogP contribution in [0.5, 0.6) is 5.75 Å². The lowest BCUT2D eigenvalue weighted by Crippen LogP contribution is -2.20. The summed E-state index contributed by atoms with van der Waals surface area (Å²) >= 11 is 0. The van der Waals surface area contributed by atoms with Crippen molar-refractivity contribution < 1.29 is 14.6 Å². The van der Waals surface area contributed by atoms with Crippen LogP contribution in [0.15, 0.2) is 42.6 Å². The van der Waals surface area contributed by atoms with Gasteiger partial charge in [-0.05, 0) is 42.7 Å². The topological polar surface area (TPSA) is 59.4 Å². The highest BCUT2D eigenvalue weighted by Crippen LogP contribution is 2.19. The first-order valence-electron chi connectivity index (χ1n) is 6.86. The second-order valence-electron chi connectivity index (χ2n) is 5.06. The molecule has 21 heavy (non-hydrogen) atoms. The van der Waals surface area contributed by atoms with Gasteiger partial charge < -0.3 is 9.84 Å². The third-order valence-corrected chi connectivity index (χ3v) is 3.52. The van der Waals surface area contributed by atoms with E-state index in [4.69, 9.17) is 4.74 Å². The van der Waals surface area contributed by atoms with Crippen molar-refractivity contribution in [3.63, 3.8) is 0 Å². The molecule has 0 aliphatic carbocycles. The van der Waals surface area contributed by atoms with Gasteiger partial charge in [-0.1, -0.05) is 18.2 Å². The van der Waals surface area contributed by atoms with Gasteiger partial charge in [0.15, 0.2) is 0 Å². The molecule has 1 aromatic carbocycles. The molecule has 0 aliphatic rings. The molecule has 0 amide bonds. The molecule has 0 aliphatic heterocycles. The Morgan fingerprint density at radius 2 is 2.10 bits per heavy atom. The fourth-order valence-electron chi connectivity index (χ4n) is 2.30. The zero-order valence-electron chi connectivity index (χ0n) is 12.2. The first-order chi connectivity index (χ1) is 10.1. The predicted octanol–water partition coefficient (Wildman–Crippen LogP) is 2.88. The molecule has 4 nitrogen and oxygen atoms in total. The number of carboxylic acids is 1. The monoisotopic (exact) mass is 285 g/mol. The molecule has 1 heterocycles. The van der Waals surface area contributed by atoms with Crippen molar-refractivity contribution in [3.8, 4) is 5.75 Å². The normalized spacial score (nSPS) is 11.9. The SMILES string of the molecule is COc1cccc(CC(Cc2ncccc2C)C(=O)O)c1. The molecule has 2 aromatic rings. The van der Waals surface area contributed by atoms with Gasteiger partial charge in [0.05, 0.1) is 13.0 Å². The number of methoxy groups -OCH3 is 1. The van der Waals surface area contributed by atoms with Crippen molar-refractivity contribution in [1.82, 2.24) is 4.98 Å². The van der Waals surface area contributed by atoms with Gasteiger partial charge in [-0.3, -0.25) is 9.78 Å². The lowest BCUT2D eigenvalue weighted by Gasteiger charge is -2.14. The zero-order chi connectivity index (χ0) is 15.2. The van der Waals surface area contributed by atoms with Gasteiger partial charge in [0.25, 0.3) is 0 Å². The lowest BCUT2D eigenvalue weighted by atomic mass is 9.93. The molecule has 0 spiro atoms. The lowest BCUT2D eigenvalue weighted by molar-refractivity contribution is -0.141. The summed E-state index contributed by atoms with van der Waals surface area (Å²) in [6.45, 7) is 1.95. The summed E-state index contributed by atoms with van der Waals surface area (Å²) < 4.78 is 5.17. The smallest absolute Gasteiger partial charge is 0.307 e. The Bertz CT molecular complexity index is 625. The molecule has 1 N–H and O–H groups in total. The minimum atomic E-state index is -0.803. The third-order valence-electron chi connectivity index (χ3n) is 3.52. The Morgan fingerprint density at radius 1 is 1.29 bits per heavy atom. The molecule has 110 valence electrons. The van der Waals surface area contributed by atoms with Crippen molar-refractivity contribution in [2.75, 3.05) is 7.11 Å². The number of ether oxygens (including phenoxy) is 1. The molecule has 0 radical (unpaired) electrons. The zero-order valence-corrected chi connectivity index (χ0v) is 12.2. The van der Waals surface area contributed by atoms with Crippen LogP contribution in [-0.2, 0) is 17.6 Å². The molecule has 1 unspecified atom stereocenters. The van der Waals surface area contributed by atoms with Crippen molar-refractivity contribution in [1.29, 1.82) is 0 Å². The number of rotatable bonds is 6.